The quantitative estimate of drug-likeness (QED) is 0.739. The molecule has 0 spiro atoms. The van der Waals surface area contributed by atoms with Gasteiger partial charge in [0.1, 0.15) is 5.56 Å². The predicted octanol–water partition coefficient (Wildman–Crippen LogP) is 1.83. The number of piperidine rings is 1. The molecule has 2 aromatic heterocycles. The van der Waals surface area contributed by atoms with Gasteiger partial charge in [0.15, 0.2) is 0 Å². The molecule has 0 aliphatic carbocycles. The Kier molecular flexibility index (Phi) is 6.29. The molecule has 1 aliphatic rings. The van der Waals surface area contributed by atoms with E-state index in [4.69, 9.17) is 10.5 Å². The Balaban J connectivity index is 1.80. The van der Waals surface area contributed by atoms with Gasteiger partial charge in [-0.25, -0.2) is 4.98 Å². The topological polar surface area (TPSA) is 128 Å². The molecule has 0 saturated carbocycles. The van der Waals surface area contributed by atoms with E-state index in [1.807, 2.05) is 26.0 Å². The zero-order chi connectivity index (χ0) is 21.8. The van der Waals surface area contributed by atoms with Crippen molar-refractivity contribution in [3.8, 4) is 5.88 Å². The zero-order valence-corrected chi connectivity index (χ0v) is 17.2. The summed E-state index contributed by atoms with van der Waals surface area (Å²) in [5.41, 5.74) is 7.30. The molecule has 9 heteroatoms. The molecule has 1 fully saturated rings. The second-order valence-corrected chi connectivity index (χ2v) is 7.49. The molecule has 0 radical (unpaired) electrons. The van der Waals surface area contributed by atoms with Crippen molar-refractivity contribution in [2.75, 3.05) is 19.0 Å². The third kappa shape index (κ3) is 4.56. The first-order valence-corrected chi connectivity index (χ1v) is 9.68. The number of nitrogens with zero attached hydrogens (tertiary/aromatic N) is 3. The largest absolute Gasteiger partial charge is 0.480 e. The summed E-state index contributed by atoms with van der Waals surface area (Å²) in [6, 6.07) is 4.94. The average molecular weight is 411 g/mol. The van der Waals surface area contributed by atoms with Gasteiger partial charge < -0.3 is 20.7 Å². The number of ether oxygens (including phenoxy) is 1. The van der Waals surface area contributed by atoms with Crippen molar-refractivity contribution < 1.29 is 19.1 Å². The number of pyridine rings is 2. The lowest BCUT2D eigenvalue weighted by atomic mass is 9.90. The Morgan fingerprint density at radius 2 is 1.97 bits per heavy atom. The van der Waals surface area contributed by atoms with Crippen LogP contribution in [0.5, 0.6) is 5.88 Å². The molecule has 3 amide bonds. The molecule has 2 unspecified atom stereocenters. The zero-order valence-electron chi connectivity index (χ0n) is 17.2. The Bertz CT molecular complexity index is 960. The fourth-order valence-electron chi connectivity index (χ4n) is 3.57. The van der Waals surface area contributed by atoms with E-state index in [1.165, 1.54) is 19.4 Å². The molecule has 3 N–H and O–H groups in total. The van der Waals surface area contributed by atoms with Crippen molar-refractivity contribution >= 4 is 23.4 Å². The molecule has 158 valence electrons. The van der Waals surface area contributed by atoms with Crippen LogP contribution >= 0.6 is 0 Å². The Labute approximate surface area is 174 Å². The molecule has 9 nitrogen and oxygen atoms in total. The second-order valence-electron chi connectivity index (χ2n) is 7.49. The Morgan fingerprint density at radius 3 is 2.60 bits per heavy atom. The lowest BCUT2D eigenvalue weighted by Crippen LogP contribution is -2.46. The van der Waals surface area contributed by atoms with E-state index in [2.05, 4.69) is 15.3 Å². The van der Waals surface area contributed by atoms with Crippen LogP contribution in [0, 0.1) is 12.8 Å². The molecule has 3 heterocycles. The molecule has 2 aromatic rings. The predicted molar refractivity (Wildman–Crippen MR) is 110 cm³/mol. The number of hydrogen-bond acceptors (Lipinski definition) is 6. The average Bonchev–Trinajstić information content (AvgIpc) is 2.73. The van der Waals surface area contributed by atoms with Gasteiger partial charge in [0.05, 0.1) is 25.0 Å². The maximum atomic E-state index is 13.0. The van der Waals surface area contributed by atoms with E-state index in [-0.39, 0.29) is 29.1 Å². The fraction of sp³-hybridized carbons (Fsp3) is 0.381. The molecular formula is C21H25N5O4. The number of aromatic nitrogens is 2. The van der Waals surface area contributed by atoms with Gasteiger partial charge in [0, 0.05) is 18.4 Å². The highest BCUT2D eigenvalue weighted by Crippen LogP contribution is 2.33. The number of primary amides is 1. The molecule has 1 saturated heterocycles. The number of carbonyl (C=O) groups excluding carboxylic acids is 3. The van der Waals surface area contributed by atoms with Crippen LogP contribution in [0.25, 0.3) is 0 Å². The first-order chi connectivity index (χ1) is 14.3. The van der Waals surface area contributed by atoms with Crippen LogP contribution in [0.3, 0.4) is 0 Å². The summed E-state index contributed by atoms with van der Waals surface area (Å²) in [6.07, 6.45) is 4.76. The molecule has 1 aliphatic heterocycles. The van der Waals surface area contributed by atoms with Crippen LogP contribution in [-0.4, -0.2) is 46.2 Å². The fourth-order valence-corrected chi connectivity index (χ4v) is 3.57. The van der Waals surface area contributed by atoms with Crippen LogP contribution in [0.1, 0.15) is 47.4 Å². The molecular weight excluding hydrogens is 386 g/mol. The number of amides is 3. The number of nitrogens with one attached hydrogen (secondary N) is 1. The Hall–Kier alpha value is -3.49. The van der Waals surface area contributed by atoms with Crippen molar-refractivity contribution in [2.45, 2.75) is 32.7 Å². The number of likely N-dealkylation sites (tertiary alicyclic amines) is 1. The van der Waals surface area contributed by atoms with Crippen LogP contribution in [0.4, 0.5) is 5.69 Å². The number of carbonyl (C=O) groups is 3. The van der Waals surface area contributed by atoms with E-state index in [0.29, 0.717) is 6.54 Å². The van der Waals surface area contributed by atoms with E-state index in [1.54, 1.807) is 11.1 Å². The van der Waals surface area contributed by atoms with E-state index >= 15 is 0 Å². The highest BCUT2D eigenvalue weighted by atomic mass is 16.5. The van der Waals surface area contributed by atoms with Crippen molar-refractivity contribution in [1.82, 2.24) is 14.9 Å². The summed E-state index contributed by atoms with van der Waals surface area (Å²) < 4.78 is 4.99. The van der Waals surface area contributed by atoms with E-state index in [9.17, 15) is 14.4 Å². The van der Waals surface area contributed by atoms with Gasteiger partial charge in [0.25, 0.3) is 5.91 Å². The Morgan fingerprint density at radius 1 is 1.20 bits per heavy atom. The summed E-state index contributed by atoms with van der Waals surface area (Å²) in [5.74, 6) is -1.89. The van der Waals surface area contributed by atoms with Gasteiger partial charge in [-0.2, -0.15) is 0 Å². The van der Waals surface area contributed by atoms with E-state index < -0.39 is 17.7 Å². The molecule has 0 aromatic carbocycles. The standard InChI is InChI=1S/C21H25N5O4/c1-12-4-7-17(14-6-5-13(2)23-9-14)26(11-12)21(29)19(28)25-15-8-16(18(22)27)20(30-3)24-10-15/h5-6,8-10,12,17H,4,7,11H2,1-3H3,(H2,22,27)(H,25,28). The van der Waals surface area contributed by atoms with Crippen LogP contribution in [0.15, 0.2) is 30.6 Å². The number of methoxy groups -OCH3 is 1. The lowest BCUT2D eigenvalue weighted by molar-refractivity contribution is -0.146. The van der Waals surface area contributed by atoms with Crippen molar-refractivity contribution in [3.05, 3.63) is 47.4 Å². The highest BCUT2D eigenvalue weighted by molar-refractivity contribution is 6.39. The van der Waals surface area contributed by atoms with Gasteiger partial charge in [-0.15, -0.1) is 0 Å². The smallest absolute Gasteiger partial charge is 0.313 e. The minimum atomic E-state index is -0.809. The van der Waals surface area contributed by atoms with Gasteiger partial charge in [-0.3, -0.25) is 19.4 Å². The van der Waals surface area contributed by atoms with Crippen LogP contribution in [0.2, 0.25) is 0 Å². The summed E-state index contributed by atoms with van der Waals surface area (Å²) in [6.45, 7) is 4.42. The number of rotatable bonds is 4. The van der Waals surface area contributed by atoms with Crippen molar-refractivity contribution in [1.29, 1.82) is 0 Å². The monoisotopic (exact) mass is 411 g/mol. The lowest BCUT2D eigenvalue weighted by Gasteiger charge is -2.38. The van der Waals surface area contributed by atoms with Gasteiger partial charge in [0.2, 0.25) is 5.88 Å². The SMILES string of the molecule is COc1ncc(NC(=O)C(=O)N2CC(C)CCC2c2ccc(C)nc2)cc1C(N)=O. The van der Waals surface area contributed by atoms with Gasteiger partial charge >= 0.3 is 11.8 Å². The van der Waals surface area contributed by atoms with Crippen LogP contribution in [-0.2, 0) is 9.59 Å². The highest BCUT2D eigenvalue weighted by Gasteiger charge is 2.34. The van der Waals surface area contributed by atoms with Gasteiger partial charge in [-0.1, -0.05) is 13.0 Å². The number of hydrogen-bond donors (Lipinski definition) is 2. The van der Waals surface area contributed by atoms with Crippen LogP contribution < -0.4 is 15.8 Å². The maximum absolute atomic E-state index is 13.0. The normalized spacial score (nSPS) is 18.6. The minimum absolute atomic E-state index is 0.0120. The summed E-state index contributed by atoms with van der Waals surface area (Å²) in [7, 11) is 1.36. The number of anilines is 1. The third-order valence-electron chi connectivity index (χ3n) is 5.16. The van der Waals surface area contributed by atoms with Crippen molar-refractivity contribution in [3.63, 3.8) is 0 Å². The summed E-state index contributed by atoms with van der Waals surface area (Å²) in [4.78, 5) is 47.1. The molecule has 30 heavy (non-hydrogen) atoms. The van der Waals surface area contributed by atoms with Crippen molar-refractivity contribution in [2.24, 2.45) is 11.7 Å². The van der Waals surface area contributed by atoms with E-state index in [0.717, 1.165) is 24.1 Å². The second kappa shape index (κ2) is 8.89. The molecule has 0 bridgehead atoms. The third-order valence-corrected chi connectivity index (χ3v) is 5.16. The summed E-state index contributed by atoms with van der Waals surface area (Å²) in [5, 5.41) is 2.51. The molecule has 3 rings (SSSR count). The summed E-state index contributed by atoms with van der Waals surface area (Å²) >= 11 is 0. The first-order valence-electron chi connectivity index (χ1n) is 9.68. The number of nitrogens with two attached hydrogens (primary N) is 1. The maximum Gasteiger partial charge on any atom is 0.313 e. The van der Waals surface area contributed by atoms with Gasteiger partial charge in [-0.05, 0) is 43.4 Å². The minimum Gasteiger partial charge on any atom is -0.480 e. The number of aryl methyl sites for hydroxylation is 1. The molecule has 2 atom stereocenters. The first kappa shape index (κ1) is 21.2.